The molecule has 1 fully saturated rings. The zero-order valence-electron chi connectivity index (χ0n) is 15.7. The van der Waals surface area contributed by atoms with Crippen LogP contribution in [0.4, 0.5) is 0 Å². The van der Waals surface area contributed by atoms with Gasteiger partial charge in [0.05, 0.1) is 6.10 Å². The van der Waals surface area contributed by atoms with Gasteiger partial charge >= 0.3 is 5.97 Å². The first-order chi connectivity index (χ1) is 13.5. The van der Waals surface area contributed by atoms with E-state index >= 15 is 0 Å². The minimum Gasteiger partial charge on any atom is -0.491 e. The van der Waals surface area contributed by atoms with Crippen molar-refractivity contribution in [1.82, 2.24) is 0 Å². The van der Waals surface area contributed by atoms with E-state index in [0.717, 1.165) is 19.3 Å². The lowest BCUT2D eigenvalue weighted by atomic mass is 9.89. The average molecular weight is 407 g/mol. The Balaban J connectivity index is 1.60. The van der Waals surface area contributed by atoms with Gasteiger partial charge in [-0.3, -0.25) is 4.79 Å². The van der Waals surface area contributed by atoms with Gasteiger partial charge in [-0.25, -0.2) is 0 Å². The monoisotopic (exact) mass is 406 g/mol. The number of fused-ring (bicyclic) bond motifs is 1. The molecule has 1 aromatic carbocycles. The summed E-state index contributed by atoms with van der Waals surface area (Å²) in [5.74, 6) is 0.218. The quantitative estimate of drug-likeness (QED) is 0.576. The highest BCUT2D eigenvalue weighted by Gasteiger charge is 2.42. The number of ether oxygens (including phenoxy) is 2. The van der Waals surface area contributed by atoms with Crippen LogP contribution in [-0.2, 0) is 9.53 Å². The van der Waals surface area contributed by atoms with Gasteiger partial charge in [0.1, 0.15) is 24.6 Å². The van der Waals surface area contributed by atoms with Crippen LogP contribution in [0.5, 0.6) is 5.75 Å². The highest BCUT2D eigenvalue weighted by molar-refractivity contribution is 6.30. The molecule has 152 valence electrons. The Morgan fingerprint density at radius 3 is 3.04 bits per heavy atom. The Kier molecular flexibility index (Phi) is 7.54. The van der Waals surface area contributed by atoms with Crippen molar-refractivity contribution in [2.45, 2.75) is 50.4 Å². The van der Waals surface area contributed by atoms with E-state index in [1.54, 1.807) is 30.3 Å². The van der Waals surface area contributed by atoms with E-state index in [2.05, 4.69) is 12.2 Å². The van der Waals surface area contributed by atoms with Gasteiger partial charge < -0.3 is 19.7 Å². The van der Waals surface area contributed by atoms with Crippen molar-refractivity contribution in [3.63, 3.8) is 0 Å². The minimum atomic E-state index is -0.817. The minimum absolute atomic E-state index is 0.00518. The Morgan fingerprint density at radius 2 is 2.21 bits per heavy atom. The molecule has 0 aromatic heterocycles. The second-order valence-corrected chi connectivity index (χ2v) is 7.83. The van der Waals surface area contributed by atoms with Crippen LogP contribution in [0, 0.1) is 11.8 Å². The van der Waals surface area contributed by atoms with Gasteiger partial charge in [-0.15, -0.1) is 0 Å². The zero-order valence-corrected chi connectivity index (χ0v) is 16.5. The average Bonchev–Trinajstić information content (AvgIpc) is 2.95. The number of benzene rings is 1. The molecular formula is C22H27ClO5. The second-order valence-electron chi connectivity index (χ2n) is 7.39. The molecule has 5 atom stereocenters. The Morgan fingerprint density at radius 1 is 1.36 bits per heavy atom. The lowest BCUT2D eigenvalue weighted by Crippen LogP contribution is -2.25. The summed E-state index contributed by atoms with van der Waals surface area (Å²) in [7, 11) is 0. The first kappa shape index (κ1) is 20.9. The Hall–Kier alpha value is -1.82. The number of halogens is 1. The fourth-order valence-electron chi connectivity index (χ4n) is 3.83. The van der Waals surface area contributed by atoms with Gasteiger partial charge in [0, 0.05) is 29.7 Å². The van der Waals surface area contributed by atoms with Gasteiger partial charge in [0.25, 0.3) is 0 Å². The molecule has 0 radical (unpaired) electrons. The van der Waals surface area contributed by atoms with Crippen molar-refractivity contribution in [3.05, 3.63) is 53.6 Å². The lowest BCUT2D eigenvalue weighted by molar-refractivity contribution is -0.151. The van der Waals surface area contributed by atoms with Crippen LogP contribution in [-0.4, -0.2) is 41.1 Å². The zero-order chi connectivity index (χ0) is 19.9. The van der Waals surface area contributed by atoms with E-state index in [4.69, 9.17) is 21.1 Å². The molecule has 1 aromatic rings. The van der Waals surface area contributed by atoms with Crippen molar-refractivity contribution in [2.24, 2.45) is 11.8 Å². The molecule has 0 saturated heterocycles. The first-order valence-corrected chi connectivity index (χ1v) is 10.2. The number of aliphatic hydroxyl groups is 2. The molecule has 1 heterocycles. The number of carbonyl (C=O) groups excluding carboxylic acids is 1. The van der Waals surface area contributed by atoms with Crippen molar-refractivity contribution >= 4 is 17.6 Å². The number of hydrogen-bond donors (Lipinski definition) is 2. The molecule has 1 aliphatic carbocycles. The molecule has 0 spiro atoms. The predicted molar refractivity (Wildman–Crippen MR) is 107 cm³/mol. The number of esters is 1. The van der Waals surface area contributed by atoms with E-state index in [9.17, 15) is 15.0 Å². The third-order valence-electron chi connectivity index (χ3n) is 5.27. The molecule has 2 aliphatic rings. The van der Waals surface area contributed by atoms with E-state index in [1.807, 2.05) is 6.08 Å². The van der Waals surface area contributed by atoms with Gasteiger partial charge in [-0.05, 0) is 37.5 Å². The Labute approximate surface area is 170 Å². The van der Waals surface area contributed by atoms with Crippen molar-refractivity contribution in [1.29, 1.82) is 0 Å². The summed E-state index contributed by atoms with van der Waals surface area (Å²) in [6.45, 7) is 0.0860. The molecular weight excluding hydrogens is 380 g/mol. The second kappa shape index (κ2) is 10.1. The van der Waals surface area contributed by atoms with Crippen LogP contribution in [0.25, 0.3) is 0 Å². The number of allylic oxidation sites excluding steroid dienone is 2. The maximum absolute atomic E-state index is 12.0. The van der Waals surface area contributed by atoms with E-state index in [-0.39, 0.29) is 30.5 Å². The molecule has 0 amide bonds. The Bertz CT molecular complexity index is 717. The lowest BCUT2D eigenvalue weighted by Gasteiger charge is -2.23. The van der Waals surface area contributed by atoms with Gasteiger partial charge in [-0.1, -0.05) is 42.0 Å². The topological polar surface area (TPSA) is 76.0 Å². The fraction of sp³-hybridized carbons (Fsp3) is 0.500. The van der Waals surface area contributed by atoms with Crippen molar-refractivity contribution in [2.75, 3.05) is 6.61 Å². The normalized spacial score (nSPS) is 30.5. The molecule has 1 aliphatic heterocycles. The van der Waals surface area contributed by atoms with Gasteiger partial charge in [-0.2, -0.15) is 0 Å². The van der Waals surface area contributed by atoms with Gasteiger partial charge in [0.15, 0.2) is 0 Å². The third kappa shape index (κ3) is 5.84. The molecule has 3 rings (SSSR count). The molecule has 1 saturated carbocycles. The van der Waals surface area contributed by atoms with Crippen molar-refractivity contribution in [3.8, 4) is 5.75 Å². The summed E-state index contributed by atoms with van der Waals surface area (Å²) < 4.78 is 11.2. The summed E-state index contributed by atoms with van der Waals surface area (Å²) in [6.07, 6.45) is 9.17. The van der Waals surface area contributed by atoms with Crippen LogP contribution in [0.15, 0.2) is 48.6 Å². The molecule has 2 N–H and O–H groups in total. The maximum atomic E-state index is 12.0. The summed E-state index contributed by atoms with van der Waals surface area (Å²) >= 11 is 5.92. The van der Waals surface area contributed by atoms with Crippen LogP contribution < -0.4 is 4.74 Å². The predicted octanol–water partition coefficient (Wildman–Crippen LogP) is 3.67. The SMILES string of the molecule is O=C1CCC/C=C\C[C@@H]2[C@@H](/C=C/C(O)COc3cccc(Cl)c3)[C@H](O)C[C@@H]2O1. The summed E-state index contributed by atoms with van der Waals surface area (Å²) in [5, 5.41) is 21.3. The number of rotatable bonds is 5. The van der Waals surface area contributed by atoms with Crippen molar-refractivity contribution < 1.29 is 24.5 Å². The maximum Gasteiger partial charge on any atom is 0.306 e. The summed E-state index contributed by atoms with van der Waals surface area (Å²) in [5.41, 5.74) is 0. The standard InChI is InChI=1S/C22H27ClO5/c23-15-6-5-7-17(12-15)27-14-16(24)10-11-18-19-8-3-1-2-4-9-22(26)28-21(19)13-20(18)25/h1,3,5-7,10-12,16,18-21,24-25H,2,4,8-9,13-14H2/b3-1-,11-10+/t16?,18-,19-,20-,21+/m1/s1. The molecule has 28 heavy (non-hydrogen) atoms. The fourth-order valence-corrected chi connectivity index (χ4v) is 4.01. The third-order valence-corrected chi connectivity index (χ3v) is 5.51. The smallest absolute Gasteiger partial charge is 0.306 e. The highest BCUT2D eigenvalue weighted by Crippen LogP contribution is 2.38. The number of hydrogen-bond acceptors (Lipinski definition) is 5. The molecule has 0 bridgehead atoms. The van der Waals surface area contributed by atoms with E-state index in [0.29, 0.717) is 23.6 Å². The molecule has 6 heteroatoms. The summed E-state index contributed by atoms with van der Waals surface area (Å²) in [4.78, 5) is 12.0. The van der Waals surface area contributed by atoms with Crippen LogP contribution >= 0.6 is 11.6 Å². The van der Waals surface area contributed by atoms with Crippen LogP contribution in [0.3, 0.4) is 0 Å². The first-order valence-electron chi connectivity index (χ1n) is 9.80. The number of carbonyl (C=O) groups is 1. The molecule has 5 nitrogen and oxygen atoms in total. The highest BCUT2D eigenvalue weighted by atomic mass is 35.5. The number of aliphatic hydroxyl groups excluding tert-OH is 2. The van der Waals surface area contributed by atoms with E-state index < -0.39 is 12.2 Å². The van der Waals surface area contributed by atoms with Crippen LogP contribution in [0.1, 0.15) is 32.1 Å². The van der Waals surface area contributed by atoms with Gasteiger partial charge in [0.2, 0.25) is 0 Å². The largest absolute Gasteiger partial charge is 0.491 e. The molecule has 1 unspecified atom stereocenters. The van der Waals surface area contributed by atoms with E-state index in [1.165, 1.54) is 0 Å². The summed E-state index contributed by atoms with van der Waals surface area (Å²) in [6, 6.07) is 6.99. The van der Waals surface area contributed by atoms with Crippen LogP contribution in [0.2, 0.25) is 5.02 Å².